The molecule has 0 radical (unpaired) electrons. The number of anilines is 2. The highest BCUT2D eigenvalue weighted by molar-refractivity contribution is 6.36. The van der Waals surface area contributed by atoms with Gasteiger partial charge in [0.25, 0.3) is 11.6 Å². The number of nitrogens with zero attached hydrogens (tertiary/aromatic N) is 2. The lowest BCUT2D eigenvalue weighted by molar-refractivity contribution is -0.384. The molecule has 2 aromatic rings. The van der Waals surface area contributed by atoms with E-state index in [-0.39, 0.29) is 16.3 Å². The van der Waals surface area contributed by atoms with Crippen molar-refractivity contribution < 1.29 is 9.72 Å². The summed E-state index contributed by atoms with van der Waals surface area (Å²) in [5.74, 6) is -0.666. The molecule has 0 heterocycles. The Morgan fingerprint density at radius 3 is 2.44 bits per heavy atom. The van der Waals surface area contributed by atoms with E-state index in [0.717, 1.165) is 0 Å². The van der Waals surface area contributed by atoms with Crippen LogP contribution in [0.5, 0.6) is 0 Å². The van der Waals surface area contributed by atoms with Gasteiger partial charge in [-0.2, -0.15) is 5.26 Å². The van der Waals surface area contributed by atoms with Crippen LogP contribution >= 0.6 is 23.2 Å². The van der Waals surface area contributed by atoms with Gasteiger partial charge >= 0.3 is 0 Å². The molecule has 0 saturated carbocycles. The van der Waals surface area contributed by atoms with Gasteiger partial charge in [-0.15, -0.1) is 0 Å². The molecule has 0 saturated heterocycles. The summed E-state index contributed by atoms with van der Waals surface area (Å²) in [6, 6.07) is 11.8. The van der Waals surface area contributed by atoms with Gasteiger partial charge < -0.3 is 10.6 Å². The number of carbonyl (C=O) groups is 1. The Bertz CT molecular complexity index is 889. The average molecular weight is 377 g/mol. The molecule has 1 amide bonds. The average Bonchev–Trinajstić information content (AvgIpc) is 2.58. The number of nitro groups is 1. The van der Waals surface area contributed by atoms with Crippen LogP contribution in [0.4, 0.5) is 17.1 Å². The van der Waals surface area contributed by atoms with Gasteiger partial charge in [0.2, 0.25) is 0 Å². The Morgan fingerprint density at radius 2 is 1.88 bits per heavy atom. The number of nitro benzene ring substituents is 1. The first kappa shape index (κ1) is 18.3. The van der Waals surface area contributed by atoms with Crippen LogP contribution in [0.3, 0.4) is 0 Å². The molecule has 2 aromatic carbocycles. The van der Waals surface area contributed by atoms with Gasteiger partial charge in [-0.3, -0.25) is 14.9 Å². The van der Waals surface area contributed by atoms with Crippen molar-refractivity contribution in [1.82, 2.24) is 0 Å². The van der Waals surface area contributed by atoms with Crippen molar-refractivity contribution in [3.05, 3.63) is 74.4 Å². The molecule has 0 aliphatic rings. The molecule has 0 fully saturated rings. The van der Waals surface area contributed by atoms with E-state index in [0.29, 0.717) is 16.4 Å². The molecule has 0 bridgehead atoms. The van der Waals surface area contributed by atoms with E-state index < -0.39 is 10.8 Å². The number of hydrogen-bond donors (Lipinski definition) is 2. The highest BCUT2D eigenvalue weighted by Crippen LogP contribution is 2.25. The standard InChI is InChI=1S/C16H10Cl2N4O3/c17-11-1-6-15(14(18)7-11)21-16(23)10(8-19)9-20-12-2-4-13(5-3-12)22(24)25/h1-7,9,20H,(H,21,23)/b10-9-. The predicted molar refractivity (Wildman–Crippen MR) is 95.5 cm³/mol. The largest absolute Gasteiger partial charge is 0.360 e. The minimum Gasteiger partial charge on any atom is -0.360 e. The molecule has 0 aliphatic heterocycles. The normalized spacial score (nSPS) is 10.7. The fraction of sp³-hybridized carbons (Fsp3) is 0. The number of benzene rings is 2. The number of carbonyl (C=O) groups excluding carboxylic acids is 1. The molecule has 0 atom stereocenters. The van der Waals surface area contributed by atoms with Gasteiger partial charge in [-0.05, 0) is 30.3 Å². The number of halogens is 2. The second kappa shape index (κ2) is 8.15. The lowest BCUT2D eigenvalue weighted by Gasteiger charge is -2.07. The zero-order valence-corrected chi connectivity index (χ0v) is 14.0. The SMILES string of the molecule is N#C/C(=C/Nc1ccc([N+](=O)[O-])cc1)C(=O)Nc1ccc(Cl)cc1Cl. The summed E-state index contributed by atoms with van der Waals surface area (Å²) in [6.07, 6.45) is 1.19. The van der Waals surface area contributed by atoms with E-state index in [4.69, 9.17) is 28.5 Å². The van der Waals surface area contributed by atoms with Crippen LogP contribution in [0.1, 0.15) is 0 Å². The summed E-state index contributed by atoms with van der Waals surface area (Å²) in [7, 11) is 0. The van der Waals surface area contributed by atoms with E-state index in [1.54, 1.807) is 12.1 Å². The lowest BCUT2D eigenvalue weighted by Crippen LogP contribution is -2.14. The summed E-state index contributed by atoms with van der Waals surface area (Å²) in [4.78, 5) is 22.2. The summed E-state index contributed by atoms with van der Waals surface area (Å²) in [5, 5.41) is 25.6. The van der Waals surface area contributed by atoms with Crippen molar-refractivity contribution in [3.8, 4) is 6.07 Å². The first-order valence-corrected chi connectivity index (χ1v) is 7.54. The summed E-state index contributed by atoms with van der Waals surface area (Å²) < 4.78 is 0. The van der Waals surface area contributed by atoms with Crippen LogP contribution in [0.15, 0.2) is 54.2 Å². The van der Waals surface area contributed by atoms with Crippen molar-refractivity contribution >= 4 is 46.2 Å². The van der Waals surface area contributed by atoms with Crippen molar-refractivity contribution in [1.29, 1.82) is 5.26 Å². The number of non-ortho nitro benzene ring substituents is 1. The molecule has 2 rings (SSSR count). The fourth-order valence-corrected chi connectivity index (χ4v) is 2.22. The van der Waals surface area contributed by atoms with Gasteiger partial charge in [-0.1, -0.05) is 23.2 Å². The summed E-state index contributed by atoms with van der Waals surface area (Å²) >= 11 is 11.7. The van der Waals surface area contributed by atoms with Crippen molar-refractivity contribution in [2.24, 2.45) is 0 Å². The molecule has 25 heavy (non-hydrogen) atoms. The molecule has 2 N–H and O–H groups in total. The fourth-order valence-electron chi connectivity index (χ4n) is 1.76. The molecule has 0 aromatic heterocycles. The predicted octanol–water partition coefficient (Wildman–Crippen LogP) is 4.36. The topological polar surface area (TPSA) is 108 Å². The number of amides is 1. The van der Waals surface area contributed by atoms with Crippen LogP contribution in [0.25, 0.3) is 0 Å². The number of hydrogen-bond acceptors (Lipinski definition) is 5. The first-order chi connectivity index (χ1) is 11.9. The summed E-state index contributed by atoms with van der Waals surface area (Å²) in [5.41, 5.74) is 0.526. The minimum absolute atomic E-state index is 0.0647. The zero-order chi connectivity index (χ0) is 18.4. The van der Waals surface area contributed by atoms with Crippen LogP contribution in [-0.4, -0.2) is 10.8 Å². The molecule has 7 nitrogen and oxygen atoms in total. The summed E-state index contributed by atoms with van der Waals surface area (Å²) in [6.45, 7) is 0. The maximum absolute atomic E-state index is 12.1. The molecular weight excluding hydrogens is 367 g/mol. The van der Waals surface area contributed by atoms with Gasteiger partial charge in [-0.25, -0.2) is 0 Å². The van der Waals surface area contributed by atoms with Crippen molar-refractivity contribution in [3.63, 3.8) is 0 Å². The number of rotatable bonds is 5. The van der Waals surface area contributed by atoms with E-state index >= 15 is 0 Å². The Morgan fingerprint density at radius 1 is 1.20 bits per heavy atom. The van der Waals surface area contributed by atoms with Crippen molar-refractivity contribution in [2.45, 2.75) is 0 Å². The molecule has 9 heteroatoms. The minimum atomic E-state index is -0.666. The Balaban J connectivity index is 2.09. The van der Waals surface area contributed by atoms with Crippen molar-refractivity contribution in [2.75, 3.05) is 10.6 Å². The molecular formula is C16H10Cl2N4O3. The maximum atomic E-state index is 12.1. The quantitative estimate of drug-likeness (QED) is 0.348. The van der Waals surface area contributed by atoms with Gasteiger partial charge in [0.05, 0.1) is 15.6 Å². The smallest absolute Gasteiger partial charge is 0.269 e. The Labute approximate surface area is 152 Å². The van der Waals surface area contributed by atoms with Gasteiger partial charge in [0, 0.05) is 29.0 Å². The molecule has 0 aliphatic carbocycles. The number of nitrogens with one attached hydrogen (secondary N) is 2. The third-order valence-electron chi connectivity index (χ3n) is 3.01. The zero-order valence-electron chi connectivity index (χ0n) is 12.5. The molecule has 0 spiro atoms. The second-order valence-corrected chi connectivity index (χ2v) is 5.54. The van der Waals surface area contributed by atoms with Crippen LogP contribution in [-0.2, 0) is 4.79 Å². The second-order valence-electron chi connectivity index (χ2n) is 4.70. The van der Waals surface area contributed by atoms with Crippen LogP contribution < -0.4 is 10.6 Å². The third-order valence-corrected chi connectivity index (χ3v) is 3.55. The maximum Gasteiger partial charge on any atom is 0.269 e. The highest BCUT2D eigenvalue weighted by atomic mass is 35.5. The van der Waals surface area contributed by atoms with Gasteiger partial charge in [0.15, 0.2) is 0 Å². The Kier molecular flexibility index (Phi) is 5.95. The van der Waals surface area contributed by atoms with E-state index in [1.807, 2.05) is 0 Å². The van der Waals surface area contributed by atoms with E-state index in [1.165, 1.54) is 42.6 Å². The highest BCUT2D eigenvalue weighted by Gasteiger charge is 2.12. The number of nitriles is 1. The Hall–Kier alpha value is -3.08. The third kappa shape index (κ3) is 4.94. The van der Waals surface area contributed by atoms with E-state index in [9.17, 15) is 14.9 Å². The van der Waals surface area contributed by atoms with Crippen LogP contribution in [0, 0.1) is 21.4 Å². The van der Waals surface area contributed by atoms with Gasteiger partial charge in [0.1, 0.15) is 11.6 Å². The molecule has 0 unspecified atom stereocenters. The molecule has 126 valence electrons. The van der Waals surface area contributed by atoms with Crippen LogP contribution in [0.2, 0.25) is 10.0 Å². The lowest BCUT2D eigenvalue weighted by atomic mass is 10.2. The van der Waals surface area contributed by atoms with E-state index in [2.05, 4.69) is 10.6 Å². The first-order valence-electron chi connectivity index (χ1n) is 6.78. The monoisotopic (exact) mass is 376 g/mol.